The monoisotopic (exact) mass is 318 g/mol. The highest BCUT2D eigenvalue weighted by Crippen LogP contribution is 2.19. The summed E-state index contributed by atoms with van der Waals surface area (Å²) in [6.07, 6.45) is 0.639. The van der Waals surface area contributed by atoms with Crippen molar-refractivity contribution in [1.29, 1.82) is 0 Å². The Morgan fingerprint density at radius 1 is 1.30 bits per heavy atom. The third-order valence-corrected chi connectivity index (χ3v) is 4.73. The number of amides is 1. The van der Waals surface area contributed by atoms with Gasteiger partial charge in [-0.15, -0.1) is 0 Å². The van der Waals surface area contributed by atoms with Crippen molar-refractivity contribution in [2.24, 2.45) is 5.92 Å². The maximum atomic E-state index is 12.3. The number of carbonyl (C=O) groups excluding carboxylic acids is 1. The normalized spacial score (nSPS) is 29.2. The summed E-state index contributed by atoms with van der Waals surface area (Å²) in [4.78, 5) is 14.8. The molecule has 2 fully saturated rings. The average Bonchev–Trinajstić information content (AvgIpc) is 2.59. The maximum absolute atomic E-state index is 12.3. The zero-order valence-electron chi connectivity index (χ0n) is 13.7. The molecule has 0 radical (unpaired) electrons. The Kier molecular flexibility index (Phi) is 5.65. The van der Waals surface area contributed by atoms with Gasteiger partial charge < -0.3 is 14.8 Å². The molecule has 0 saturated carbocycles. The largest absolute Gasteiger partial charge is 0.376 e. The summed E-state index contributed by atoms with van der Waals surface area (Å²) < 4.78 is 10.8. The molecule has 1 N–H and O–H groups in total. The smallest absolute Gasteiger partial charge is 0.251 e. The van der Waals surface area contributed by atoms with Crippen molar-refractivity contribution in [2.45, 2.75) is 32.0 Å². The Hall–Kier alpha value is -1.43. The summed E-state index contributed by atoms with van der Waals surface area (Å²) in [5.74, 6) is 0.443. The quantitative estimate of drug-likeness (QED) is 0.912. The van der Waals surface area contributed by atoms with Crippen LogP contribution in [0.25, 0.3) is 0 Å². The van der Waals surface area contributed by atoms with Gasteiger partial charge in [-0.25, -0.2) is 0 Å². The lowest BCUT2D eigenvalue weighted by atomic mass is 9.93. The minimum atomic E-state index is -0.458. The summed E-state index contributed by atoms with van der Waals surface area (Å²) in [6.45, 7) is 6.54. The van der Waals surface area contributed by atoms with Crippen LogP contribution >= 0.6 is 0 Å². The summed E-state index contributed by atoms with van der Waals surface area (Å²) >= 11 is 0. The molecule has 0 aromatic heterocycles. The molecule has 3 atom stereocenters. The molecule has 2 aliphatic heterocycles. The van der Waals surface area contributed by atoms with Gasteiger partial charge in [-0.3, -0.25) is 9.69 Å². The third kappa shape index (κ3) is 4.53. The molecule has 23 heavy (non-hydrogen) atoms. The topological polar surface area (TPSA) is 50.8 Å². The molecule has 1 amide bonds. The van der Waals surface area contributed by atoms with Gasteiger partial charge in [0.1, 0.15) is 0 Å². The van der Waals surface area contributed by atoms with Gasteiger partial charge in [-0.1, -0.05) is 37.3 Å². The van der Waals surface area contributed by atoms with Gasteiger partial charge in [0.05, 0.1) is 19.8 Å². The van der Waals surface area contributed by atoms with Gasteiger partial charge in [-0.2, -0.15) is 0 Å². The molecule has 126 valence electrons. The number of benzene rings is 1. The van der Waals surface area contributed by atoms with Crippen LogP contribution in [0, 0.1) is 5.92 Å². The number of ether oxygens (including phenoxy) is 2. The minimum absolute atomic E-state index is 0.0388. The van der Waals surface area contributed by atoms with E-state index in [9.17, 15) is 4.79 Å². The summed E-state index contributed by atoms with van der Waals surface area (Å²) in [5, 5.41) is 3.17. The molecule has 3 unspecified atom stereocenters. The fourth-order valence-corrected chi connectivity index (χ4v) is 3.22. The van der Waals surface area contributed by atoms with Gasteiger partial charge in [-0.05, 0) is 24.4 Å². The van der Waals surface area contributed by atoms with Crippen LogP contribution < -0.4 is 5.32 Å². The van der Waals surface area contributed by atoms with Crippen molar-refractivity contribution in [3.05, 3.63) is 35.9 Å². The fraction of sp³-hybridized carbons (Fsp3) is 0.611. The van der Waals surface area contributed by atoms with E-state index in [4.69, 9.17) is 9.47 Å². The van der Waals surface area contributed by atoms with Crippen LogP contribution in [0.3, 0.4) is 0 Å². The third-order valence-electron chi connectivity index (χ3n) is 4.73. The van der Waals surface area contributed by atoms with Crippen LogP contribution in [0.5, 0.6) is 0 Å². The number of nitrogens with one attached hydrogen (secondary N) is 1. The molecule has 5 nitrogen and oxygen atoms in total. The zero-order valence-corrected chi connectivity index (χ0v) is 13.7. The van der Waals surface area contributed by atoms with Crippen molar-refractivity contribution in [1.82, 2.24) is 10.2 Å². The Morgan fingerprint density at radius 3 is 2.87 bits per heavy atom. The number of carbonyl (C=O) groups is 1. The number of hydrogen-bond donors (Lipinski definition) is 1. The Morgan fingerprint density at radius 2 is 2.13 bits per heavy atom. The molecule has 1 aromatic rings. The number of likely N-dealkylation sites (tertiary alicyclic amines) is 1. The second-order valence-electron chi connectivity index (χ2n) is 6.54. The molecule has 0 aliphatic carbocycles. The van der Waals surface area contributed by atoms with E-state index in [0.29, 0.717) is 25.7 Å². The molecule has 3 rings (SSSR count). The highest BCUT2D eigenvalue weighted by atomic mass is 16.6. The molecule has 0 bridgehead atoms. The van der Waals surface area contributed by atoms with Crippen LogP contribution in [0.2, 0.25) is 0 Å². The van der Waals surface area contributed by atoms with E-state index in [0.717, 1.165) is 26.1 Å². The lowest BCUT2D eigenvalue weighted by molar-refractivity contribution is -0.148. The molecule has 2 heterocycles. The first-order valence-corrected chi connectivity index (χ1v) is 8.48. The molecule has 0 spiro atoms. The highest BCUT2D eigenvalue weighted by molar-refractivity contribution is 5.81. The molecule has 5 heteroatoms. The van der Waals surface area contributed by atoms with Gasteiger partial charge in [0.2, 0.25) is 0 Å². The van der Waals surface area contributed by atoms with Crippen LogP contribution in [0.4, 0.5) is 0 Å². The van der Waals surface area contributed by atoms with Gasteiger partial charge in [0, 0.05) is 19.1 Å². The van der Waals surface area contributed by atoms with E-state index in [1.807, 2.05) is 6.07 Å². The van der Waals surface area contributed by atoms with E-state index in [2.05, 4.69) is 41.4 Å². The number of piperidine rings is 1. The van der Waals surface area contributed by atoms with Gasteiger partial charge in [0.25, 0.3) is 5.91 Å². The van der Waals surface area contributed by atoms with E-state index >= 15 is 0 Å². The zero-order chi connectivity index (χ0) is 16.1. The molecule has 2 aliphatic rings. The molecular weight excluding hydrogens is 292 g/mol. The van der Waals surface area contributed by atoms with Crippen LogP contribution in [-0.4, -0.2) is 55.9 Å². The standard InChI is InChI=1S/C18H26N2O3/c1-14-7-8-20(11-15-5-3-2-4-6-15)12-16(14)19-18(21)17-13-22-9-10-23-17/h2-6,14,16-17H,7-13H2,1H3,(H,19,21). The number of nitrogens with zero attached hydrogens (tertiary/aromatic N) is 1. The van der Waals surface area contributed by atoms with E-state index < -0.39 is 6.10 Å². The summed E-state index contributed by atoms with van der Waals surface area (Å²) in [7, 11) is 0. The lowest BCUT2D eigenvalue weighted by Gasteiger charge is -2.38. The predicted molar refractivity (Wildman–Crippen MR) is 88.0 cm³/mol. The van der Waals surface area contributed by atoms with Crippen molar-refractivity contribution >= 4 is 5.91 Å². The number of hydrogen-bond acceptors (Lipinski definition) is 4. The average molecular weight is 318 g/mol. The lowest BCUT2D eigenvalue weighted by Crippen LogP contribution is -2.55. The SMILES string of the molecule is CC1CCN(Cc2ccccc2)CC1NC(=O)C1COCCO1. The minimum Gasteiger partial charge on any atom is -0.376 e. The van der Waals surface area contributed by atoms with Crippen LogP contribution in [0.1, 0.15) is 18.9 Å². The molecule has 1 aromatic carbocycles. The Bertz CT molecular complexity index is 502. The second-order valence-corrected chi connectivity index (χ2v) is 6.54. The van der Waals surface area contributed by atoms with Crippen molar-refractivity contribution in [2.75, 3.05) is 32.9 Å². The van der Waals surface area contributed by atoms with Crippen molar-refractivity contribution < 1.29 is 14.3 Å². The van der Waals surface area contributed by atoms with Gasteiger partial charge >= 0.3 is 0 Å². The van der Waals surface area contributed by atoms with Gasteiger partial charge in [0.15, 0.2) is 6.10 Å². The first kappa shape index (κ1) is 16.4. The number of rotatable bonds is 4. The summed E-state index contributed by atoms with van der Waals surface area (Å²) in [6, 6.07) is 10.7. The predicted octanol–water partition coefficient (Wildman–Crippen LogP) is 1.43. The van der Waals surface area contributed by atoms with E-state index in [1.54, 1.807) is 0 Å². The maximum Gasteiger partial charge on any atom is 0.251 e. The highest BCUT2D eigenvalue weighted by Gasteiger charge is 2.30. The first-order valence-electron chi connectivity index (χ1n) is 8.48. The Balaban J connectivity index is 1.54. The van der Waals surface area contributed by atoms with Crippen molar-refractivity contribution in [3.8, 4) is 0 Å². The van der Waals surface area contributed by atoms with E-state index in [1.165, 1.54) is 5.56 Å². The van der Waals surface area contributed by atoms with Crippen LogP contribution in [0.15, 0.2) is 30.3 Å². The molecular formula is C18H26N2O3. The Labute approximate surface area is 137 Å². The first-order chi connectivity index (χ1) is 11.2. The molecule has 2 saturated heterocycles. The van der Waals surface area contributed by atoms with Crippen LogP contribution in [-0.2, 0) is 20.8 Å². The summed E-state index contributed by atoms with van der Waals surface area (Å²) in [5.41, 5.74) is 1.32. The second kappa shape index (κ2) is 7.90. The fourth-order valence-electron chi connectivity index (χ4n) is 3.22. The van der Waals surface area contributed by atoms with Crippen molar-refractivity contribution in [3.63, 3.8) is 0 Å². The van der Waals surface area contributed by atoms with E-state index in [-0.39, 0.29) is 11.9 Å².